The molecule has 0 unspecified atom stereocenters. The van der Waals surface area contributed by atoms with Gasteiger partial charge in [-0.25, -0.2) is 0 Å². The molecular weight excluding hydrogens is 439 g/mol. The minimum Gasteiger partial charge on any atom is -0.492 e. The molecule has 166 valence electrons. The number of hydrogen-bond acceptors (Lipinski definition) is 5. The lowest BCUT2D eigenvalue weighted by Crippen LogP contribution is -2.53. The largest absolute Gasteiger partial charge is 0.492 e. The second-order valence-electron chi connectivity index (χ2n) is 7.01. The Kier molecular flexibility index (Phi) is 13.3. The molecule has 1 aromatic rings. The van der Waals surface area contributed by atoms with Gasteiger partial charge in [0.1, 0.15) is 12.4 Å². The molecule has 29 heavy (non-hydrogen) atoms. The maximum atomic E-state index is 12.2. The fourth-order valence-corrected chi connectivity index (χ4v) is 2.87. The molecular formula is C19H31Cl3N4O3. The smallest absolute Gasteiger partial charge is 0.242 e. The monoisotopic (exact) mass is 468 g/mol. The van der Waals surface area contributed by atoms with Crippen LogP contribution in [0.3, 0.4) is 0 Å². The third kappa shape index (κ3) is 9.40. The number of rotatable bonds is 8. The van der Waals surface area contributed by atoms with E-state index < -0.39 is 6.04 Å². The normalized spacial score (nSPS) is 15.1. The van der Waals surface area contributed by atoms with Crippen molar-refractivity contribution in [3.63, 3.8) is 0 Å². The minimum atomic E-state index is -0.588. The van der Waals surface area contributed by atoms with E-state index in [-0.39, 0.29) is 49.1 Å². The molecule has 0 aromatic heterocycles. The number of amides is 2. The Morgan fingerprint density at radius 2 is 1.72 bits per heavy atom. The Balaban J connectivity index is 0.00000392. The van der Waals surface area contributed by atoms with Gasteiger partial charge in [-0.15, -0.1) is 24.8 Å². The fraction of sp³-hybridized carbons (Fsp3) is 0.579. The topological polar surface area (TPSA) is 87.9 Å². The van der Waals surface area contributed by atoms with E-state index in [1.807, 2.05) is 26.0 Å². The van der Waals surface area contributed by atoms with Crippen molar-refractivity contribution >= 4 is 48.2 Å². The molecule has 0 spiro atoms. The quantitative estimate of drug-likeness (QED) is 0.606. The lowest BCUT2D eigenvalue weighted by atomic mass is 10.1. The molecule has 2 amide bonds. The number of piperazine rings is 1. The summed E-state index contributed by atoms with van der Waals surface area (Å²) in [7, 11) is 0. The first-order chi connectivity index (χ1) is 12.9. The Labute approximate surface area is 190 Å². The van der Waals surface area contributed by atoms with Crippen molar-refractivity contribution in [3.05, 3.63) is 29.3 Å². The lowest BCUT2D eigenvalue weighted by Gasteiger charge is -2.34. The van der Waals surface area contributed by atoms with Gasteiger partial charge in [-0.05, 0) is 30.2 Å². The van der Waals surface area contributed by atoms with E-state index in [1.165, 1.54) is 0 Å². The number of nitrogens with zero attached hydrogens (tertiary/aromatic N) is 2. The van der Waals surface area contributed by atoms with Crippen LogP contribution in [0.15, 0.2) is 24.3 Å². The van der Waals surface area contributed by atoms with Crippen LogP contribution in [-0.4, -0.2) is 73.5 Å². The summed E-state index contributed by atoms with van der Waals surface area (Å²) in [5.41, 5.74) is 5.78. The Morgan fingerprint density at radius 3 is 2.28 bits per heavy atom. The number of halogens is 3. The zero-order chi connectivity index (χ0) is 19.8. The van der Waals surface area contributed by atoms with Gasteiger partial charge in [-0.2, -0.15) is 0 Å². The molecule has 1 aliphatic heterocycles. The highest BCUT2D eigenvalue weighted by Gasteiger charge is 2.23. The molecule has 0 aliphatic carbocycles. The van der Waals surface area contributed by atoms with Gasteiger partial charge < -0.3 is 20.7 Å². The summed E-state index contributed by atoms with van der Waals surface area (Å²) < 4.78 is 5.70. The summed E-state index contributed by atoms with van der Waals surface area (Å²) >= 11 is 5.85. The number of carbonyl (C=O) groups excluding carboxylic acids is 2. The van der Waals surface area contributed by atoms with Gasteiger partial charge in [0.25, 0.3) is 0 Å². The van der Waals surface area contributed by atoms with E-state index in [9.17, 15) is 9.59 Å². The first kappa shape index (κ1) is 27.8. The zero-order valence-electron chi connectivity index (χ0n) is 16.8. The Morgan fingerprint density at radius 1 is 1.14 bits per heavy atom. The van der Waals surface area contributed by atoms with Crippen molar-refractivity contribution in [2.45, 2.75) is 19.9 Å². The van der Waals surface area contributed by atoms with E-state index in [1.54, 1.807) is 17.0 Å². The summed E-state index contributed by atoms with van der Waals surface area (Å²) in [6, 6.07) is 6.70. The third-order valence-electron chi connectivity index (χ3n) is 4.65. The predicted molar refractivity (Wildman–Crippen MR) is 120 cm³/mol. The summed E-state index contributed by atoms with van der Waals surface area (Å²) in [6.45, 7) is 7.99. The highest BCUT2D eigenvalue weighted by Crippen LogP contribution is 2.15. The van der Waals surface area contributed by atoms with Crippen LogP contribution >= 0.6 is 36.4 Å². The molecule has 1 atom stereocenters. The zero-order valence-corrected chi connectivity index (χ0v) is 19.2. The highest BCUT2D eigenvalue weighted by molar-refractivity contribution is 6.30. The molecule has 1 heterocycles. The van der Waals surface area contributed by atoms with Crippen LogP contribution in [0.1, 0.15) is 13.8 Å². The molecule has 1 aliphatic rings. The van der Waals surface area contributed by atoms with Crippen molar-refractivity contribution < 1.29 is 14.3 Å². The molecule has 1 fully saturated rings. The van der Waals surface area contributed by atoms with Gasteiger partial charge in [0.2, 0.25) is 11.8 Å². The van der Waals surface area contributed by atoms with Crippen molar-refractivity contribution in [3.8, 4) is 5.75 Å². The number of nitrogens with two attached hydrogens (primary N) is 1. The lowest BCUT2D eigenvalue weighted by molar-refractivity contribution is -0.134. The summed E-state index contributed by atoms with van der Waals surface area (Å²) in [4.78, 5) is 28.1. The van der Waals surface area contributed by atoms with Gasteiger partial charge in [-0.3, -0.25) is 14.5 Å². The number of nitrogens with one attached hydrogen (secondary N) is 1. The number of benzene rings is 1. The molecule has 7 nitrogen and oxygen atoms in total. The van der Waals surface area contributed by atoms with E-state index in [2.05, 4.69) is 10.2 Å². The summed E-state index contributed by atoms with van der Waals surface area (Å²) in [5, 5.41) is 3.32. The van der Waals surface area contributed by atoms with Gasteiger partial charge in [0, 0.05) is 37.7 Å². The van der Waals surface area contributed by atoms with Crippen molar-refractivity contribution in [2.75, 3.05) is 45.9 Å². The summed E-state index contributed by atoms with van der Waals surface area (Å²) in [5.74, 6) is 0.481. The predicted octanol–water partition coefficient (Wildman–Crippen LogP) is 1.81. The Bertz CT molecular complexity index is 624. The molecule has 0 saturated carbocycles. The van der Waals surface area contributed by atoms with Crippen molar-refractivity contribution in [2.24, 2.45) is 11.7 Å². The van der Waals surface area contributed by atoms with E-state index >= 15 is 0 Å². The molecule has 1 aromatic carbocycles. The highest BCUT2D eigenvalue weighted by atomic mass is 35.5. The van der Waals surface area contributed by atoms with Crippen molar-refractivity contribution in [1.29, 1.82) is 0 Å². The van der Waals surface area contributed by atoms with Crippen LogP contribution in [0.5, 0.6) is 5.75 Å². The summed E-state index contributed by atoms with van der Waals surface area (Å²) in [6.07, 6.45) is 0. The number of hydrogen-bond donors (Lipinski definition) is 2. The second-order valence-corrected chi connectivity index (χ2v) is 7.45. The van der Waals surface area contributed by atoms with Crippen LogP contribution in [0, 0.1) is 5.92 Å². The van der Waals surface area contributed by atoms with E-state index in [0.717, 1.165) is 25.4 Å². The molecule has 2 rings (SSSR count). The SMILES string of the molecule is CC(C)[C@H](N)C(=O)NCC(=O)N1CCN(CCOc2ccc(Cl)cc2)CC1.Cl.Cl. The van der Waals surface area contributed by atoms with Crippen LogP contribution < -0.4 is 15.8 Å². The average Bonchev–Trinajstić information content (AvgIpc) is 2.67. The number of ether oxygens (including phenoxy) is 1. The first-order valence-corrected chi connectivity index (χ1v) is 9.66. The van der Waals surface area contributed by atoms with E-state index in [4.69, 9.17) is 22.1 Å². The van der Waals surface area contributed by atoms with Gasteiger partial charge in [-0.1, -0.05) is 25.4 Å². The second kappa shape index (κ2) is 13.9. The first-order valence-electron chi connectivity index (χ1n) is 9.28. The maximum absolute atomic E-state index is 12.2. The van der Waals surface area contributed by atoms with Crippen LogP contribution in [0.4, 0.5) is 0 Å². The third-order valence-corrected chi connectivity index (χ3v) is 4.90. The maximum Gasteiger partial charge on any atom is 0.242 e. The van der Waals surface area contributed by atoms with E-state index in [0.29, 0.717) is 24.7 Å². The number of carbonyl (C=O) groups is 2. The van der Waals surface area contributed by atoms with Crippen LogP contribution in [-0.2, 0) is 9.59 Å². The van der Waals surface area contributed by atoms with Crippen LogP contribution in [0.2, 0.25) is 5.02 Å². The molecule has 0 radical (unpaired) electrons. The fourth-order valence-electron chi connectivity index (χ4n) is 2.74. The van der Waals surface area contributed by atoms with Gasteiger partial charge >= 0.3 is 0 Å². The molecule has 10 heteroatoms. The van der Waals surface area contributed by atoms with Gasteiger partial charge in [0.15, 0.2) is 0 Å². The molecule has 0 bridgehead atoms. The molecule has 1 saturated heterocycles. The van der Waals surface area contributed by atoms with Crippen molar-refractivity contribution in [1.82, 2.24) is 15.1 Å². The van der Waals surface area contributed by atoms with Crippen LogP contribution in [0.25, 0.3) is 0 Å². The minimum absolute atomic E-state index is 0. The Hall–Kier alpha value is -1.25. The average molecular weight is 470 g/mol. The standard InChI is InChI=1S/C19H29ClN4O3.2ClH/c1-14(2)18(21)19(26)22-13-17(25)24-9-7-23(8-10-24)11-12-27-16-5-3-15(20)4-6-16;;/h3-6,14,18H,7-13,21H2,1-2H3,(H,22,26);2*1H/t18-;;/m0../s1. The molecule has 3 N–H and O–H groups in total. The van der Waals surface area contributed by atoms with Gasteiger partial charge in [0.05, 0.1) is 12.6 Å².